The lowest BCUT2D eigenvalue weighted by atomic mass is 9.91. The molecule has 1 aliphatic heterocycles. The smallest absolute Gasteiger partial charge is 0.326 e. The molecular formula is C12H24N2O2. The number of ether oxygens (including phenoxy) is 1. The third-order valence-electron chi connectivity index (χ3n) is 3.52. The average molecular weight is 228 g/mol. The van der Waals surface area contributed by atoms with Crippen LogP contribution < -0.4 is 5.32 Å². The molecule has 1 N–H and O–H groups in total. The second-order valence-electron chi connectivity index (χ2n) is 4.34. The Labute approximate surface area is 98.3 Å². The van der Waals surface area contributed by atoms with E-state index in [1.165, 1.54) is 0 Å². The highest BCUT2D eigenvalue weighted by atomic mass is 16.5. The van der Waals surface area contributed by atoms with Crippen LogP contribution in [0.3, 0.4) is 0 Å². The molecule has 0 saturated carbocycles. The molecule has 0 amide bonds. The van der Waals surface area contributed by atoms with Crippen molar-refractivity contribution in [1.82, 2.24) is 10.2 Å². The lowest BCUT2D eigenvalue weighted by Gasteiger charge is -2.29. The minimum absolute atomic E-state index is 0.0875. The highest BCUT2D eigenvalue weighted by Gasteiger charge is 2.39. The van der Waals surface area contributed by atoms with Crippen molar-refractivity contribution < 1.29 is 9.53 Å². The van der Waals surface area contributed by atoms with E-state index in [4.69, 9.17) is 4.74 Å². The standard InChI is InChI=1S/C12H24N2O2/c1-4-14-9-6-7-12(13-3,8-10-14)11(15)16-5-2/h13H,4-10H2,1-3H3. The Morgan fingerprint density at radius 3 is 2.69 bits per heavy atom. The maximum Gasteiger partial charge on any atom is 0.326 e. The van der Waals surface area contributed by atoms with Gasteiger partial charge in [0, 0.05) is 6.54 Å². The van der Waals surface area contributed by atoms with Gasteiger partial charge in [0.15, 0.2) is 0 Å². The van der Waals surface area contributed by atoms with Crippen molar-refractivity contribution in [2.75, 3.05) is 33.3 Å². The zero-order valence-corrected chi connectivity index (χ0v) is 10.7. The van der Waals surface area contributed by atoms with Crippen LogP contribution in [-0.4, -0.2) is 49.7 Å². The third kappa shape index (κ3) is 2.95. The predicted molar refractivity (Wildman–Crippen MR) is 64.4 cm³/mol. The summed E-state index contributed by atoms with van der Waals surface area (Å²) in [6, 6.07) is 0. The van der Waals surface area contributed by atoms with E-state index in [-0.39, 0.29) is 5.97 Å². The Bertz CT molecular complexity index is 233. The molecule has 1 unspecified atom stereocenters. The number of rotatable bonds is 4. The monoisotopic (exact) mass is 228 g/mol. The number of likely N-dealkylation sites (tertiary alicyclic amines) is 1. The van der Waals surface area contributed by atoms with E-state index in [1.54, 1.807) is 0 Å². The molecule has 94 valence electrons. The van der Waals surface area contributed by atoms with Gasteiger partial charge in [-0.05, 0) is 46.3 Å². The summed E-state index contributed by atoms with van der Waals surface area (Å²) in [4.78, 5) is 14.4. The van der Waals surface area contributed by atoms with Gasteiger partial charge in [0.25, 0.3) is 0 Å². The quantitative estimate of drug-likeness (QED) is 0.729. The van der Waals surface area contributed by atoms with Crippen molar-refractivity contribution in [3.63, 3.8) is 0 Å². The van der Waals surface area contributed by atoms with Gasteiger partial charge in [-0.2, -0.15) is 0 Å². The van der Waals surface area contributed by atoms with Gasteiger partial charge in [-0.1, -0.05) is 6.92 Å². The summed E-state index contributed by atoms with van der Waals surface area (Å²) in [5.74, 6) is -0.0875. The topological polar surface area (TPSA) is 41.6 Å². The first-order chi connectivity index (χ1) is 7.68. The van der Waals surface area contributed by atoms with Crippen molar-refractivity contribution in [2.24, 2.45) is 0 Å². The van der Waals surface area contributed by atoms with Crippen molar-refractivity contribution in [3.8, 4) is 0 Å². The van der Waals surface area contributed by atoms with Gasteiger partial charge >= 0.3 is 5.97 Å². The van der Waals surface area contributed by atoms with Gasteiger partial charge in [0.1, 0.15) is 5.54 Å². The molecule has 4 heteroatoms. The van der Waals surface area contributed by atoms with E-state index in [2.05, 4.69) is 17.1 Å². The zero-order chi connectivity index (χ0) is 12.0. The number of hydrogen-bond donors (Lipinski definition) is 1. The molecule has 4 nitrogen and oxygen atoms in total. The molecular weight excluding hydrogens is 204 g/mol. The van der Waals surface area contributed by atoms with E-state index in [0.717, 1.165) is 38.9 Å². The van der Waals surface area contributed by atoms with Crippen LogP contribution >= 0.6 is 0 Å². The van der Waals surface area contributed by atoms with E-state index < -0.39 is 5.54 Å². The fraction of sp³-hybridized carbons (Fsp3) is 0.917. The Hall–Kier alpha value is -0.610. The maximum absolute atomic E-state index is 12.0. The zero-order valence-electron chi connectivity index (χ0n) is 10.7. The second-order valence-corrected chi connectivity index (χ2v) is 4.34. The molecule has 0 bridgehead atoms. The van der Waals surface area contributed by atoms with E-state index in [9.17, 15) is 4.79 Å². The van der Waals surface area contributed by atoms with Gasteiger partial charge < -0.3 is 15.0 Å². The van der Waals surface area contributed by atoms with Crippen LogP contribution in [0.1, 0.15) is 33.1 Å². The largest absolute Gasteiger partial charge is 0.465 e. The summed E-state index contributed by atoms with van der Waals surface area (Å²) in [5.41, 5.74) is -0.458. The Morgan fingerprint density at radius 2 is 2.12 bits per heavy atom. The molecule has 1 aliphatic rings. The van der Waals surface area contributed by atoms with Crippen LogP contribution in [0.15, 0.2) is 0 Å². The number of nitrogens with one attached hydrogen (secondary N) is 1. The SMILES string of the molecule is CCOC(=O)C1(NC)CCCN(CC)CC1. The molecule has 0 aromatic rings. The van der Waals surface area contributed by atoms with Crippen LogP contribution in [0.4, 0.5) is 0 Å². The van der Waals surface area contributed by atoms with Crippen LogP contribution in [0.2, 0.25) is 0 Å². The molecule has 1 rings (SSSR count). The van der Waals surface area contributed by atoms with Gasteiger partial charge in [0.05, 0.1) is 6.61 Å². The van der Waals surface area contributed by atoms with Crippen molar-refractivity contribution in [1.29, 1.82) is 0 Å². The molecule has 1 heterocycles. The molecule has 0 aliphatic carbocycles. The molecule has 16 heavy (non-hydrogen) atoms. The highest BCUT2D eigenvalue weighted by molar-refractivity contribution is 5.80. The number of hydrogen-bond acceptors (Lipinski definition) is 4. The Morgan fingerprint density at radius 1 is 1.38 bits per heavy atom. The molecule has 1 atom stereocenters. The average Bonchev–Trinajstić information content (AvgIpc) is 2.52. The highest BCUT2D eigenvalue weighted by Crippen LogP contribution is 2.23. The Kier molecular flexibility index (Phi) is 5.22. The first-order valence-corrected chi connectivity index (χ1v) is 6.27. The minimum atomic E-state index is -0.458. The maximum atomic E-state index is 12.0. The first-order valence-electron chi connectivity index (χ1n) is 6.27. The molecule has 0 radical (unpaired) electrons. The summed E-state index contributed by atoms with van der Waals surface area (Å²) in [6.07, 6.45) is 2.77. The molecule has 0 aromatic heterocycles. The van der Waals surface area contributed by atoms with Gasteiger partial charge in [0.2, 0.25) is 0 Å². The van der Waals surface area contributed by atoms with Crippen LogP contribution in [0, 0.1) is 0 Å². The third-order valence-corrected chi connectivity index (χ3v) is 3.52. The van der Waals surface area contributed by atoms with Crippen LogP contribution in [-0.2, 0) is 9.53 Å². The van der Waals surface area contributed by atoms with Crippen molar-refractivity contribution >= 4 is 5.97 Å². The summed E-state index contributed by atoms with van der Waals surface area (Å²) >= 11 is 0. The van der Waals surface area contributed by atoms with Crippen molar-refractivity contribution in [2.45, 2.75) is 38.6 Å². The molecule has 1 fully saturated rings. The second kappa shape index (κ2) is 6.21. The van der Waals surface area contributed by atoms with Crippen molar-refractivity contribution in [3.05, 3.63) is 0 Å². The molecule has 1 saturated heterocycles. The number of esters is 1. The number of nitrogens with zero attached hydrogens (tertiary/aromatic N) is 1. The summed E-state index contributed by atoms with van der Waals surface area (Å²) in [7, 11) is 1.86. The van der Waals surface area contributed by atoms with Crippen LogP contribution in [0.25, 0.3) is 0 Å². The molecule has 0 spiro atoms. The summed E-state index contributed by atoms with van der Waals surface area (Å²) in [6.45, 7) is 7.59. The van der Waals surface area contributed by atoms with E-state index in [0.29, 0.717) is 6.61 Å². The number of carbonyl (C=O) groups is 1. The fourth-order valence-corrected chi connectivity index (χ4v) is 2.33. The summed E-state index contributed by atoms with van der Waals surface area (Å²) < 4.78 is 5.18. The first kappa shape index (κ1) is 13.5. The number of carbonyl (C=O) groups excluding carboxylic acids is 1. The lowest BCUT2D eigenvalue weighted by molar-refractivity contribution is -0.151. The summed E-state index contributed by atoms with van der Waals surface area (Å²) in [5, 5.41) is 3.19. The van der Waals surface area contributed by atoms with Crippen LogP contribution in [0.5, 0.6) is 0 Å². The number of likely N-dealkylation sites (N-methyl/N-ethyl adjacent to an activating group) is 1. The van der Waals surface area contributed by atoms with E-state index >= 15 is 0 Å². The van der Waals surface area contributed by atoms with Gasteiger partial charge in [-0.3, -0.25) is 4.79 Å². The normalized spacial score (nSPS) is 27.4. The minimum Gasteiger partial charge on any atom is -0.465 e. The van der Waals surface area contributed by atoms with Gasteiger partial charge in [-0.25, -0.2) is 0 Å². The molecule has 0 aromatic carbocycles. The fourth-order valence-electron chi connectivity index (χ4n) is 2.33. The lowest BCUT2D eigenvalue weighted by Crippen LogP contribution is -2.51. The van der Waals surface area contributed by atoms with E-state index in [1.807, 2.05) is 14.0 Å². The predicted octanol–water partition coefficient (Wildman–Crippen LogP) is 1.01. The van der Waals surface area contributed by atoms with Gasteiger partial charge in [-0.15, -0.1) is 0 Å². The Balaban J connectivity index is 2.68.